The molecule has 0 saturated carbocycles. The van der Waals surface area contributed by atoms with Crippen LogP contribution in [0.1, 0.15) is 29.3 Å². The molecule has 1 aliphatic rings. The van der Waals surface area contributed by atoms with Crippen LogP contribution in [0, 0.1) is 5.82 Å². The third kappa shape index (κ3) is 5.98. The summed E-state index contributed by atoms with van der Waals surface area (Å²) < 4.78 is 20.2. The molecule has 0 atom stereocenters. The number of nitrogens with one attached hydrogen (secondary N) is 1. The Kier molecular flexibility index (Phi) is 8.00. The molecule has 0 aromatic heterocycles. The van der Waals surface area contributed by atoms with Gasteiger partial charge in [0.1, 0.15) is 11.6 Å². The minimum absolute atomic E-state index is 0.280. The molecule has 1 N–H and O–H groups in total. The van der Waals surface area contributed by atoms with Crippen LogP contribution >= 0.6 is 39.9 Å². The predicted molar refractivity (Wildman–Crippen MR) is 146 cm³/mol. The second-order valence-corrected chi connectivity index (χ2v) is 10.2. The first kappa shape index (κ1) is 25.1. The number of thioether (sulfide) groups is 1. The number of anilines is 2. The first-order chi connectivity index (χ1) is 16.9. The normalized spacial score (nSPS) is 14.5. The van der Waals surface area contributed by atoms with Crippen molar-refractivity contribution < 1.29 is 18.7 Å². The van der Waals surface area contributed by atoms with Crippen molar-refractivity contribution in [1.82, 2.24) is 0 Å². The van der Waals surface area contributed by atoms with Crippen molar-refractivity contribution in [2.24, 2.45) is 0 Å². The van der Waals surface area contributed by atoms with E-state index in [1.807, 2.05) is 25.1 Å². The highest BCUT2D eigenvalue weighted by molar-refractivity contribution is 9.10. The molecule has 1 heterocycles. The first-order valence-electron chi connectivity index (χ1n) is 10.7. The van der Waals surface area contributed by atoms with Gasteiger partial charge in [0, 0.05) is 21.3 Å². The lowest BCUT2D eigenvalue weighted by Gasteiger charge is -2.15. The molecule has 0 radical (unpaired) electrons. The SMILES string of the molecule is CCCOc1ccc(Br)cc1/C=C1/SC(=S)N(c2cccc(C(=O)Nc3ccc(F)cc3)c2)C1=O. The van der Waals surface area contributed by atoms with Crippen molar-refractivity contribution in [2.45, 2.75) is 13.3 Å². The molecule has 0 bridgehead atoms. The number of hydrogen-bond acceptors (Lipinski definition) is 5. The number of thiocarbonyl (C=S) groups is 1. The van der Waals surface area contributed by atoms with Crippen LogP contribution in [0.25, 0.3) is 6.08 Å². The molecule has 0 unspecified atom stereocenters. The van der Waals surface area contributed by atoms with Gasteiger partial charge in [0.15, 0.2) is 4.32 Å². The fourth-order valence-electron chi connectivity index (χ4n) is 3.33. The van der Waals surface area contributed by atoms with Gasteiger partial charge in [-0.05, 0) is 73.2 Å². The van der Waals surface area contributed by atoms with E-state index < -0.39 is 0 Å². The largest absolute Gasteiger partial charge is 0.493 e. The third-order valence-electron chi connectivity index (χ3n) is 4.98. The van der Waals surface area contributed by atoms with Crippen molar-refractivity contribution in [2.75, 3.05) is 16.8 Å². The smallest absolute Gasteiger partial charge is 0.270 e. The highest BCUT2D eigenvalue weighted by Gasteiger charge is 2.33. The number of rotatable bonds is 7. The molecule has 3 aromatic carbocycles. The number of benzene rings is 3. The summed E-state index contributed by atoms with van der Waals surface area (Å²) in [6.07, 6.45) is 2.63. The zero-order chi connectivity index (χ0) is 24.9. The van der Waals surface area contributed by atoms with Gasteiger partial charge >= 0.3 is 0 Å². The van der Waals surface area contributed by atoms with Crippen LogP contribution in [0.3, 0.4) is 0 Å². The van der Waals surface area contributed by atoms with Gasteiger partial charge in [0.25, 0.3) is 11.8 Å². The van der Waals surface area contributed by atoms with Crippen LogP contribution in [0.4, 0.5) is 15.8 Å². The van der Waals surface area contributed by atoms with E-state index in [0.29, 0.717) is 38.5 Å². The third-order valence-corrected chi connectivity index (χ3v) is 6.78. The number of carbonyl (C=O) groups is 2. The summed E-state index contributed by atoms with van der Waals surface area (Å²) in [4.78, 5) is 27.9. The standard InChI is InChI=1S/C26H20BrFN2O3S2/c1-2-12-33-22-11-6-18(27)13-17(22)15-23-25(32)30(26(34)35-23)21-5-3-4-16(14-21)24(31)29-20-9-7-19(28)8-10-20/h3-11,13-15H,2,12H2,1H3,(H,29,31)/b23-15+. The average Bonchev–Trinajstić information content (AvgIpc) is 3.12. The molecule has 9 heteroatoms. The van der Waals surface area contributed by atoms with E-state index in [2.05, 4.69) is 21.2 Å². The van der Waals surface area contributed by atoms with Crippen LogP contribution in [-0.4, -0.2) is 22.7 Å². The molecule has 1 saturated heterocycles. The lowest BCUT2D eigenvalue weighted by atomic mass is 10.1. The highest BCUT2D eigenvalue weighted by Crippen LogP contribution is 2.38. The molecule has 4 rings (SSSR count). The van der Waals surface area contributed by atoms with Crippen LogP contribution in [0.5, 0.6) is 5.75 Å². The van der Waals surface area contributed by atoms with Crippen molar-refractivity contribution in [3.8, 4) is 5.75 Å². The van der Waals surface area contributed by atoms with E-state index in [1.165, 1.54) is 40.9 Å². The van der Waals surface area contributed by atoms with Crippen molar-refractivity contribution >= 4 is 73.5 Å². The van der Waals surface area contributed by atoms with E-state index in [0.717, 1.165) is 16.5 Å². The molecule has 35 heavy (non-hydrogen) atoms. The molecular formula is C26H20BrFN2O3S2. The van der Waals surface area contributed by atoms with Crippen molar-refractivity contribution in [1.29, 1.82) is 0 Å². The molecular weight excluding hydrogens is 551 g/mol. The maximum Gasteiger partial charge on any atom is 0.270 e. The van der Waals surface area contributed by atoms with Gasteiger partial charge in [-0.3, -0.25) is 14.5 Å². The minimum atomic E-state index is -0.390. The molecule has 1 aliphatic heterocycles. The summed E-state index contributed by atoms with van der Waals surface area (Å²) in [5.74, 6) is -0.372. The molecule has 2 amide bonds. The van der Waals surface area contributed by atoms with E-state index in [4.69, 9.17) is 17.0 Å². The van der Waals surface area contributed by atoms with Gasteiger partial charge in [-0.15, -0.1) is 0 Å². The zero-order valence-electron chi connectivity index (χ0n) is 18.6. The first-order valence-corrected chi connectivity index (χ1v) is 12.7. The second kappa shape index (κ2) is 11.2. The molecule has 5 nitrogen and oxygen atoms in total. The van der Waals surface area contributed by atoms with E-state index in [1.54, 1.807) is 30.3 Å². The average molecular weight is 571 g/mol. The maximum absolute atomic E-state index is 13.3. The molecule has 178 valence electrons. The Morgan fingerprint density at radius 2 is 1.94 bits per heavy atom. The number of halogens is 2. The fourth-order valence-corrected chi connectivity index (χ4v) is 5.00. The quantitative estimate of drug-likeness (QED) is 0.244. The Morgan fingerprint density at radius 3 is 2.69 bits per heavy atom. The Bertz CT molecular complexity index is 1330. The number of amides is 2. The fraction of sp³-hybridized carbons (Fsp3) is 0.115. The summed E-state index contributed by atoms with van der Waals surface area (Å²) in [5.41, 5.74) is 2.05. The van der Waals surface area contributed by atoms with Gasteiger partial charge < -0.3 is 10.1 Å². The Morgan fingerprint density at radius 1 is 1.17 bits per heavy atom. The van der Waals surface area contributed by atoms with Gasteiger partial charge in [-0.1, -0.05) is 52.9 Å². The van der Waals surface area contributed by atoms with Crippen LogP contribution in [0.2, 0.25) is 0 Å². The summed E-state index contributed by atoms with van der Waals surface area (Å²) in [5, 5.41) is 2.72. The molecule has 0 spiro atoms. The molecule has 1 fully saturated rings. The highest BCUT2D eigenvalue weighted by atomic mass is 79.9. The zero-order valence-corrected chi connectivity index (χ0v) is 21.8. The Hall–Kier alpha value is -3.01. The molecule has 0 aliphatic carbocycles. The summed E-state index contributed by atoms with van der Waals surface area (Å²) >= 11 is 10.2. The van der Waals surface area contributed by atoms with Gasteiger partial charge in [-0.2, -0.15) is 0 Å². The van der Waals surface area contributed by atoms with Gasteiger partial charge in [-0.25, -0.2) is 4.39 Å². The Labute approximate surface area is 220 Å². The maximum atomic E-state index is 13.3. The minimum Gasteiger partial charge on any atom is -0.493 e. The monoisotopic (exact) mass is 570 g/mol. The van der Waals surface area contributed by atoms with Crippen LogP contribution in [-0.2, 0) is 4.79 Å². The van der Waals surface area contributed by atoms with Crippen molar-refractivity contribution in [3.63, 3.8) is 0 Å². The number of hydrogen-bond donors (Lipinski definition) is 1. The number of carbonyl (C=O) groups excluding carboxylic acids is 2. The van der Waals surface area contributed by atoms with Crippen LogP contribution < -0.4 is 15.0 Å². The second-order valence-electron chi connectivity index (χ2n) is 7.56. The summed E-state index contributed by atoms with van der Waals surface area (Å²) in [6.45, 7) is 2.59. The lowest BCUT2D eigenvalue weighted by molar-refractivity contribution is -0.113. The number of ether oxygens (including phenoxy) is 1. The predicted octanol–water partition coefficient (Wildman–Crippen LogP) is 7.04. The van der Waals surface area contributed by atoms with Gasteiger partial charge in [0.2, 0.25) is 0 Å². The Balaban J connectivity index is 1.58. The van der Waals surface area contributed by atoms with E-state index in [-0.39, 0.29) is 17.6 Å². The van der Waals surface area contributed by atoms with Crippen molar-refractivity contribution in [3.05, 3.63) is 93.1 Å². The van der Waals surface area contributed by atoms with E-state index in [9.17, 15) is 14.0 Å². The summed E-state index contributed by atoms with van der Waals surface area (Å²) in [6, 6.07) is 17.7. The number of nitrogens with zero attached hydrogens (tertiary/aromatic N) is 1. The topological polar surface area (TPSA) is 58.6 Å². The molecule has 3 aromatic rings. The van der Waals surface area contributed by atoms with Crippen LogP contribution in [0.15, 0.2) is 76.1 Å². The van der Waals surface area contributed by atoms with E-state index >= 15 is 0 Å². The van der Waals surface area contributed by atoms with Gasteiger partial charge in [0.05, 0.1) is 17.2 Å². The summed E-state index contributed by atoms with van der Waals surface area (Å²) in [7, 11) is 0. The lowest BCUT2D eigenvalue weighted by Crippen LogP contribution is -2.27.